The van der Waals surface area contributed by atoms with Gasteiger partial charge < -0.3 is 19.3 Å². The average molecular weight is 288 g/mol. The van der Waals surface area contributed by atoms with Crippen molar-refractivity contribution in [3.05, 3.63) is 48.0 Å². The predicted molar refractivity (Wildman–Crippen MR) is 77.5 cm³/mol. The van der Waals surface area contributed by atoms with E-state index in [2.05, 4.69) is 0 Å². The van der Waals surface area contributed by atoms with Gasteiger partial charge in [0.05, 0.1) is 14.2 Å². The molecule has 0 aliphatic carbocycles. The van der Waals surface area contributed by atoms with Gasteiger partial charge in [-0.05, 0) is 12.1 Å². The van der Waals surface area contributed by atoms with Gasteiger partial charge in [0.2, 0.25) is 5.78 Å². The van der Waals surface area contributed by atoms with Crippen molar-refractivity contribution in [3.8, 4) is 23.0 Å². The van der Waals surface area contributed by atoms with Crippen LogP contribution in [0.5, 0.6) is 23.0 Å². The summed E-state index contributed by atoms with van der Waals surface area (Å²) in [5.74, 6) is 0.653. The molecule has 0 atom stereocenters. The van der Waals surface area contributed by atoms with Crippen molar-refractivity contribution in [1.29, 1.82) is 0 Å². The van der Waals surface area contributed by atoms with E-state index in [0.717, 1.165) is 0 Å². The van der Waals surface area contributed by atoms with E-state index in [4.69, 9.17) is 14.2 Å². The zero-order valence-corrected chi connectivity index (χ0v) is 11.8. The van der Waals surface area contributed by atoms with Gasteiger partial charge in [-0.25, -0.2) is 0 Å². The molecule has 2 rings (SSSR count). The van der Waals surface area contributed by atoms with Crippen LogP contribution in [0.25, 0.3) is 0 Å². The number of Topliss-reactive ketones (excluding diaryl/α,β-unsaturated/α-hetero) is 1. The fourth-order valence-electron chi connectivity index (χ4n) is 1.87. The summed E-state index contributed by atoms with van der Waals surface area (Å²) in [4.78, 5) is 12.2. The van der Waals surface area contributed by atoms with Crippen molar-refractivity contribution < 1.29 is 24.1 Å². The highest BCUT2D eigenvalue weighted by Crippen LogP contribution is 2.33. The SMILES string of the molecule is COc1cc(O)c(C(=O)COc2ccccc2)c(OC)c1. The lowest BCUT2D eigenvalue weighted by Crippen LogP contribution is -2.13. The molecule has 2 aromatic rings. The molecule has 0 heterocycles. The maximum absolute atomic E-state index is 12.2. The van der Waals surface area contributed by atoms with E-state index in [9.17, 15) is 9.90 Å². The monoisotopic (exact) mass is 288 g/mol. The van der Waals surface area contributed by atoms with Crippen LogP contribution in [-0.2, 0) is 0 Å². The Bertz CT molecular complexity index is 622. The van der Waals surface area contributed by atoms with E-state index >= 15 is 0 Å². The minimum Gasteiger partial charge on any atom is -0.507 e. The third kappa shape index (κ3) is 3.45. The van der Waals surface area contributed by atoms with Crippen LogP contribution in [0.3, 0.4) is 0 Å². The highest BCUT2D eigenvalue weighted by atomic mass is 16.5. The van der Waals surface area contributed by atoms with Crippen LogP contribution in [0.15, 0.2) is 42.5 Å². The molecule has 0 fully saturated rings. The van der Waals surface area contributed by atoms with Gasteiger partial charge >= 0.3 is 0 Å². The van der Waals surface area contributed by atoms with Gasteiger partial charge in [0.25, 0.3) is 0 Å². The van der Waals surface area contributed by atoms with Gasteiger partial charge in [-0.1, -0.05) is 18.2 Å². The standard InChI is InChI=1S/C16H16O5/c1-19-12-8-13(17)16(15(9-12)20-2)14(18)10-21-11-6-4-3-5-7-11/h3-9,17H,10H2,1-2H3. The first-order valence-electron chi connectivity index (χ1n) is 6.31. The molecule has 0 amide bonds. The average Bonchev–Trinajstić information content (AvgIpc) is 2.52. The smallest absolute Gasteiger partial charge is 0.207 e. The van der Waals surface area contributed by atoms with Crippen LogP contribution in [0.4, 0.5) is 0 Å². The highest BCUT2D eigenvalue weighted by molar-refractivity contribution is 6.02. The van der Waals surface area contributed by atoms with Gasteiger partial charge in [-0.3, -0.25) is 4.79 Å². The molecule has 5 nitrogen and oxygen atoms in total. The van der Waals surface area contributed by atoms with Crippen molar-refractivity contribution in [2.45, 2.75) is 0 Å². The number of carbonyl (C=O) groups excluding carboxylic acids is 1. The molecule has 0 saturated heterocycles. The Labute approximate surface area is 122 Å². The van der Waals surface area contributed by atoms with Gasteiger partial charge in [-0.2, -0.15) is 0 Å². The molecule has 2 aromatic carbocycles. The van der Waals surface area contributed by atoms with Crippen molar-refractivity contribution in [1.82, 2.24) is 0 Å². The fourth-order valence-corrected chi connectivity index (χ4v) is 1.87. The molecule has 0 saturated carbocycles. The number of para-hydroxylation sites is 1. The second-order valence-electron chi connectivity index (χ2n) is 4.25. The molecule has 5 heteroatoms. The number of methoxy groups -OCH3 is 2. The first-order chi connectivity index (χ1) is 10.2. The maximum atomic E-state index is 12.2. The van der Waals surface area contributed by atoms with Gasteiger partial charge in [0.1, 0.15) is 28.6 Å². The lowest BCUT2D eigenvalue weighted by Gasteiger charge is -2.12. The lowest BCUT2D eigenvalue weighted by molar-refractivity contribution is 0.0915. The second kappa shape index (κ2) is 6.65. The number of benzene rings is 2. The Morgan fingerprint density at radius 1 is 1.05 bits per heavy atom. The van der Waals surface area contributed by atoms with Crippen LogP contribution < -0.4 is 14.2 Å². The zero-order valence-electron chi connectivity index (χ0n) is 11.8. The van der Waals surface area contributed by atoms with Crippen LogP contribution in [0.1, 0.15) is 10.4 Å². The predicted octanol–water partition coefficient (Wildman–Crippen LogP) is 2.67. The fraction of sp³-hybridized carbons (Fsp3) is 0.188. The molecule has 0 spiro atoms. The number of phenols is 1. The first kappa shape index (κ1) is 14.7. The number of hydrogen-bond donors (Lipinski definition) is 1. The van der Waals surface area contributed by atoms with Crippen LogP contribution in [0.2, 0.25) is 0 Å². The number of aromatic hydroxyl groups is 1. The highest BCUT2D eigenvalue weighted by Gasteiger charge is 2.19. The number of hydrogen-bond acceptors (Lipinski definition) is 5. The van der Waals surface area contributed by atoms with Crippen LogP contribution in [-0.4, -0.2) is 31.7 Å². The minimum atomic E-state index is -0.379. The molecular weight excluding hydrogens is 272 g/mol. The summed E-state index contributed by atoms with van der Waals surface area (Å²) in [6.07, 6.45) is 0. The van der Waals surface area contributed by atoms with Gasteiger partial charge in [0, 0.05) is 12.1 Å². The summed E-state index contributed by atoms with van der Waals surface area (Å²) in [5.41, 5.74) is 0.0780. The number of ketones is 1. The Morgan fingerprint density at radius 2 is 1.76 bits per heavy atom. The molecule has 0 aliphatic rings. The number of phenolic OH excluding ortho intramolecular Hbond substituents is 1. The number of carbonyl (C=O) groups is 1. The summed E-state index contributed by atoms with van der Waals surface area (Å²) >= 11 is 0. The molecule has 0 unspecified atom stereocenters. The largest absolute Gasteiger partial charge is 0.507 e. The third-order valence-corrected chi connectivity index (χ3v) is 2.90. The number of rotatable bonds is 6. The molecule has 0 bridgehead atoms. The maximum Gasteiger partial charge on any atom is 0.207 e. The quantitative estimate of drug-likeness (QED) is 0.828. The summed E-state index contributed by atoms with van der Waals surface area (Å²) in [6, 6.07) is 11.9. The van der Waals surface area contributed by atoms with Crippen LogP contribution >= 0.6 is 0 Å². The van der Waals surface area contributed by atoms with E-state index in [1.165, 1.54) is 26.4 Å². The van der Waals surface area contributed by atoms with E-state index in [1.807, 2.05) is 18.2 Å². The minimum absolute atomic E-state index is 0.0780. The number of ether oxygens (including phenoxy) is 3. The third-order valence-electron chi connectivity index (χ3n) is 2.90. The lowest BCUT2D eigenvalue weighted by atomic mass is 10.1. The summed E-state index contributed by atoms with van der Waals surface area (Å²) in [5, 5.41) is 9.97. The van der Waals surface area contributed by atoms with E-state index in [-0.39, 0.29) is 29.5 Å². The Hall–Kier alpha value is -2.69. The van der Waals surface area contributed by atoms with Gasteiger partial charge in [-0.15, -0.1) is 0 Å². The zero-order chi connectivity index (χ0) is 15.2. The molecule has 1 N–H and O–H groups in total. The van der Waals surface area contributed by atoms with Crippen molar-refractivity contribution >= 4 is 5.78 Å². The molecular formula is C16H16O5. The normalized spacial score (nSPS) is 10.0. The van der Waals surface area contributed by atoms with E-state index in [1.54, 1.807) is 12.1 Å². The Morgan fingerprint density at radius 3 is 2.38 bits per heavy atom. The van der Waals surface area contributed by atoms with Gasteiger partial charge in [0.15, 0.2) is 6.61 Å². The topological polar surface area (TPSA) is 65.0 Å². The molecule has 0 radical (unpaired) electrons. The van der Waals surface area contributed by atoms with Crippen molar-refractivity contribution in [2.75, 3.05) is 20.8 Å². The van der Waals surface area contributed by atoms with Crippen LogP contribution in [0, 0.1) is 0 Å². The summed E-state index contributed by atoms with van der Waals surface area (Å²) in [7, 11) is 2.89. The van der Waals surface area contributed by atoms with Crippen molar-refractivity contribution in [3.63, 3.8) is 0 Å². The van der Waals surface area contributed by atoms with E-state index in [0.29, 0.717) is 11.5 Å². The summed E-state index contributed by atoms with van der Waals surface area (Å²) < 4.78 is 15.5. The molecule has 110 valence electrons. The summed E-state index contributed by atoms with van der Waals surface area (Å²) in [6.45, 7) is -0.194. The second-order valence-corrected chi connectivity index (χ2v) is 4.25. The Balaban J connectivity index is 2.19. The first-order valence-corrected chi connectivity index (χ1v) is 6.31. The molecule has 21 heavy (non-hydrogen) atoms. The molecule has 0 aromatic heterocycles. The Kier molecular flexibility index (Phi) is 4.66. The van der Waals surface area contributed by atoms with E-state index < -0.39 is 0 Å². The molecule has 0 aliphatic heterocycles. The van der Waals surface area contributed by atoms with Crippen molar-refractivity contribution in [2.24, 2.45) is 0 Å².